The van der Waals surface area contributed by atoms with Gasteiger partial charge in [-0.1, -0.05) is 37.3 Å². The van der Waals surface area contributed by atoms with Crippen molar-refractivity contribution in [2.75, 3.05) is 26.2 Å². The lowest BCUT2D eigenvalue weighted by molar-refractivity contribution is 0.0945. The molecular weight excluding hydrogens is 397 g/mol. The molecule has 0 aliphatic carbocycles. The molecule has 3 rings (SSSR count). The molecule has 8 heteroatoms. The Bertz CT molecular complexity index is 999. The Morgan fingerprint density at radius 1 is 1.13 bits per heavy atom. The van der Waals surface area contributed by atoms with E-state index in [2.05, 4.69) is 34.4 Å². The average Bonchev–Trinajstić information content (AvgIpc) is 3.17. The molecule has 0 fully saturated rings. The highest BCUT2D eigenvalue weighted by molar-refractivity contribution is 5.93. The normalized spacial score (nSPS) is 11.0. The summed E-state index contributed by atoms with van der Waals surface area (Å²) in [5, 5.41) is 10.9. The second-order valence-electron chi connectivity index (χ2n) is 7.08. The van der Waals surface area contributed by atoms with Gasteiger partial charge in [0.1, 0.15) is 18.2 Å². The fourth-order valence-corrected chi connectivity index (χ4v) is 3.24. The van der Waals surface area contributed by atoms with Crippen LogP contribution >= 0.6 is 0 Å². The van der Waals surface area contributed by atoms with Crippen molar-refractivity contribution in [1.29, 1.82) is 0 Å². The summed E-state index contributed by atoms with van der Waals surface area (Å²) in [7, 11) is 0. The predicted octanol–water partition coefficient (Wildman–Crippen LogP) is 3.37. The Balaban J connectivity index is 1.63. The molecule has 0 radical (unpaired) electrons. The molecule has 164 valence electrons. The number of nitrogens with one attached hydrogen (secondary N) is 1. The van der Waals surface area contributed by atoms with E-state index in [0.29, 0.717) is 24.5 Å². The molecule has 7 nitrogen and oxygen atoms in total. The van der Waals surface area contributed by atoms with E-state index >= 15 is 0 Å². The van der Waals surface area contributed by atoms with E-state index in [0.717, 1.165) is 30.9 Å². The van der Waals surface area contributed by atoms with E-state index < -0.39 is 0 Å². The van der Waals surface area contributed by atoms with Crippen LogP contribution in [-0.2, 0) is 6.54 Å². The summed E-state index contributed by atoms with van der Waals surface area (Å²) in [6, 6.07) is 13.5. The minimum atomic E-state index is -0.336. The summed E-state index contributed by atoms with van der Waals surface area (Å²) in [6.45, 7) is 9.70. The maximum absolute atomic E-state index is 13.2. The molecule has 0 aliphatic heterocycles. The molecule has 0 saturated heterocycles. The summed E-state index contributed by atoms with van der Waals surface area (Å²) in [5.41, 5.74) is 2.33. The van der Waals surface area contributed by atoms with Gasteiger partial charge in [0.25, 0.3) is 5.91 Å². The molecule has 31 heavy (non-hydrogen) atoms. The van der Waals surface area contributed by atoms with Crippen molar-refractivity contribution in [1.82, 2.24) is 25.2 Å². The zero-order chi connectivity index (χ0) is 22.2. The fourth-order valence-electron chi connectivity index (χ4n) is 3.24. The van der Waals surface area contributed by atoms with Crippen LogP contribution in [0.4, 0.5) is 4.39 Å². The number of ether oxygens (including phenoxy) is 1. The van der Waals surface area contributed by atoms with Gasteiger partial charge in [-0.05, 0) is 50.3 Å². The van der Waals surface area contributed by atoms with Crippen LogP contribution in [0.2, 0.25) is 0 Å². The molecule has 0 bridgehead atoms. The van der Waals surface area contributed by atoms with Crippen LogP contribution in [0.15, 0.2) is 48.5 Å². The van der Waals surface area contributed by atoms with Gasteiger partial charge in [0, 0.05) is 18.7 Å². The van der Waals surface area contributed by atoms with Gasteiger partial charge < -0.3 is 15.0 Å². The molecule has 1 aromatic heterocycles. The molecule has 0 aliphatic rings. The average molecular weight is 426 g/mol. The topological polar surface area (TPSA) is 72.3 Å². The van der Waals surface area contributed by atoms with Crippen LogP contribution in [0.5, 0.6) is 5.75 Å². The molecule has 0 saturated carbocycles. The van der Waals surface area contributed by atoms with Crippen molar-refractivity contribution in [2.45, 2.75) is 27.3 Å². The maximum Gasteiger partial charge on any atom is 0.274 e. The Morgan fingerprint density at radius 3 is 2.55 bits per heavy atom. The highest BCUT2D eigenvalue weighted by Crippen LogP contribution is 2.18. The quantitative estimate of drug-likeness (QED) is 0.539. The third kappa shape index (κ3) is 5.67. The van der Waals surface area contributed by atoms with Crippen LogP contribution in [0.1, 0.15) is 35.6 Å². The first-order chi connectivity index (χ1) is 15.0. The van der Waals surface area contributed by atoms with E-state index in [1.54, 1.807) is 19.1 Å². The molecule has 0 spiro atoms. The Kier molecular flexibility index (Phi) is 7.72. The number of hydrogen-bond acceptors (Lipinski definition) is 5. The molecule has 0 unspecified atom stereocenters. The zero-order valence-corrected chi connectivity index (χ0v) is 18.1. The first kappa shape index (κ1) is 22.4. The third-order valence-corrected chi connectivity index (χ3v) is 5.15. The number of halogens is 1. The van der Waals surface area contributed by atoms with E-state index in [1.165, 1.54) is 16.8 Å². The van der Waals surface area contributed by atoms with Gasteiger partial charge in [-0.25, -0.2) is 9.07 Å². The minimum absolute atomic E-state index is 0.226. The van der Waals surface area contributed by atoms with Gasteiger partial charge in [0.15, 0.2) is 5.69 Å². The van der Waals surface area contributed by atoms with Crippen LogP contribution in [0.3, 0.4) is 0 Å². The van der Waals surface area contributed by atoms with Gasteiger partial charge in [0.05, 0.1) is 11.4 Å². The first-order valence-corrected chi connectivity index (χ1v) is 10.4. The van der Waals surface area contributed by atoms with Crippen molar-refractivity contribution in [3.8, 4) is 11.4 Å². The highest BCUT2D eigenvalue weighted by atomic mass is 19.1. The van der Waals surface area contributed by atoms with Crippen LogP contribution in [0.25, 0.3) is 5.69 Å². The number of benzene rings is 2. The second-order valence-corrected chi connectivity index (χ2v) is 7.08. The summed E-state index contributed by atoms with van der Waals surface area (Å²) in [6.07, 6.45) is 0. The predicted molar refractivity (Wildman–Crippen MR) is 117 cm³/mol. The summed E-state index contributed by atoms with van der Waals surface area (Å²) < 4.78 is 20.6. The van der Waals surface area contributed by atoms with Crippen molar-refractivity contribution in [3.63, 3.8) is 0 Å². The van der Waals surface area contributed by atoms with Crippen molar-refractivity contribution in [2.24, 2.45) is 0 Å². The van der Waals surface area contributed by atoms with Gasteiger partial charge in [-0.3, -0.25) is 4.79 Å². The number of likely N-dealkylation sites (N-methyl/N-ethyl adjacent to an activating group) is 1. The number of aromatic nitrogens is 3. The smallest absolute Gasteiger partial charge is 0.274 e. The van der Waals surface area contributed by atoms with E-state index in [-0.39, 0.29) is 17.4 Å². The van der Waals surface area contributed by atoms with Gasteiger partial charge in [-0.2, -0.15) is 0 Å². The molecule has 1 heterocycles. The molecular formula is C23H28FN5O2. The lowest BCUT2D eigenvalue weighted by Crippen LogP contribution is -2.28. The number of para-hydroxylation sites is 1. The van der Waals surface area contributed by atoms with E-state index in [4.69, 9.17) is 4.74 Å². The van der Waals surface area contributed by atoms with Gasteiger partial charge in [-0.15, -0.1) is 5.10 Å². The summed E-state index contributed by atoms with van der Waals surface area (Å²) in [4.78, 5) is 15.0. The van der Waals surface area contributed by atoms with Crippen LogP contribution < -0.4 is 10.1 Å². The first-order valence-electron chi connectivity index (χ1n) is 10.4. The molecule has 0 atom stereocenters. The number of carbonyl (C=O) groups excluding carboxylic acids is 1. The monoisotopic (exact) mass is 425 g/mol. The molecule has 1 amide bonds. The number of amides is 1. The van der Waals surface area contributed by atoms with Crippen LogP contribution in [-0.4, -0.2) is 52.0 Å². The SMILES string of the molecule is CCN(CC)CCOc1ccccc1CNC(=O)c1nnn(-c2ccc(F)cc2)c1C. The number of rotatable bonds is 10. The number of nitrogens with zero attached hydrogens (tertiary/aromatic N) is 4. The number of hydrogen-bond donors (Lipinski definition) is 1. The van der Waals surface area contributed by atoms with E-state index in [9.17, 15) is 9.18 Å². The Morgan fingerprint density at radius 2 is 1.84 bits per heavy atom. The highest BCUT2D eigenvalue weighted by Gasteiger charge is 2.17. The van der Waals surface area contributed by atoms with Crippen molar-refractivity contribution < 1.29 is 13.9 Å². The molecule has 3 aromatic rings. The fraction of sp³-hybridized carbons (Fsp3) is 0.348. The van der Waals surface area contributed by atoms with Crippen molar-refractivity contribution in [3.05, 3.63) is 71.3 Å². The lowest BCUT2D eigenvalue weighted by Gasteiger charge is -2.19. The van der Waals surface area contributed by atoms with Crippen molar-refractivity contribution >= 4 is 5.91 Å². The maximum atomic E-state index is 13.2. The van der Waals surface area contributed by atoms with Gasteiger partial charge >= 0.3 is 0 Å². The zero-order valence-electron chi connectivity index (χ0n) is 18.1. The molecule has 2 aromatic carbocycles. The molecule has 1 N–H and O–H groups in total. The third-order valence-electron chi connectivity index (χ3n) is 5.15. The standard InChI is InChI=1S/C23H28FN5O2/c1-4-28(5-2)14-15-31-21-9-7-6-8-18(21)16-25-23(30)22-17(3)29(27-26-22)20-12-10-19(24)11-13-20/h6-13H,4-5,14-16H2,1-3H3,(H,25,30). The van der Waals surface area contributed by atoms with Gasteiger partial charge in [0.2, 0.25) is 0 Å². The Hall–Kier alpha value is -3.26. The summed E-state index contributed by atoms with van der Waals surface area (Å²) >= 11 is 0. The lowest BCUT2D eigenvalue weighted by atomic mass is 10.2. The summed E-state index contributed by atoms with van der Waals surface area (Å²) in [5.74, 6) is 0.0860. The Labute approximate surface area is 181 Å². The van der Waals surface area contributed by atoms with E-state index in [1.807, 2.05) is 24.3 Å². The number of carbonyl (C=O) groups is 1. The largest absolute Gasteiger partial charge is 0.492 e. The second kappa shape index (κ2) is 10.7. The van der Waals surface area contributed by atoms with Crippen LogP contribution in [0, 0.1) is 12.7 Å². The minimum Gasteiger partial charge on any atom is -0.492 e.